The number of halogens is 1. The van der Waals surface area contributed by atoms with Crippen molar-refractivity contribution in [3.05, 3.63) is 51.7 Å². The highest BCUT2D eigenvalue weighted by atomic mass is 32.1. The summed E-state index contributed by atoms with van der Waals surface area (Å²) in [5, 5.41) is 2.79. The number of carbonyl (C=O) groups is 3. The molecule has 8 heteroatoms. The number of nitrogens with zero attached hydrogens (tertiary/aromatic N) is 3. The summed E-state index contributed by atoms with van der Waals surface area (Å²) in [6.45, 7) is 2.19. The van der Waals surface area contributed by atoms with E-state index in [1.54, 1.807) is 19.2 Å². The molecule has 1 aromatic carbocycles. The van der Waals surface area contributed by atoms with Crippen LogP contribution in [-0.2, 0) is 26.3 Å². The quantitative estimate of drug-likeness (QED) is 0.640. The van der Waals surface area contributed by atoms with Crippen molar-refractivity contribution < 1.29 is 18.8 Å². The molecule has 1 aromatic heterocycles. The van der Waals surface area contributed by atoms with Crippen LogP contribution in [0, 0.1) is 12.7 Å². The van der Waals surface area contributed by atoms with Crippen molar-refractivity contribution in [2.45, 2.75) is 63.5 Å². The molecule has 2 fully saturated rings. The van der Waals surface area contributed by atoms with Gasteiger partial charge in [0.05, 0.1) is 22.7 Å². The van der Waals surface area contributed by atoms with E-state index in [1.165, 1.54) is 33.3 Å². The molecule has 3 amide bonds. The summed E-state index contributed by atoms with van der Waals surface area (Å²) in [7, 11) is 1.64. The Hall–Kier alpha value is -2.61. The second-order valence-electron chi connectivity index (χ2n) is 8.53. The largest absolute Gasteiger partial charge is 0.340 e. The Morgan fingerprint density at radius 3 is 2.65 bits per heavy atom. The summed E-state index contributed by atoms with van der Waals surface area (Å²) >= 11 is 1.50. The Kier molecular flexibility index (Phi) is 5.92. The molecular formula is C23H26FN3O3S. The van der Waals surface area contributed by atoms with E-state index in [0.29, 0.717) is 6.54 Å². The van der Waals surface area contributed by atoms with E-state index < -0.39 is 17.1 Å². The Labute approximate surface area is 185 Å². The van der Waals surface area contributed by atoms with Crippen molar-refractivity contribution in [1.82, 2.24) is 14.8 Å². The van der Waals surface area contributed by atoms with Crippen LogP contribution < -0.4 is 0 Å². The van der Waals surface area contributed by atoms with Crippen LogP contribution >= 0.6 is 11.3 Å². The molecule has 1 saturated heterocycles. The van der Waals surface area contributed by atoms with Gasteiger partial charge in [-0.3, -0.25) is 19.3 Å². The third-order valence-corrected chi connectivity index (χ3v) is 7.20. The van der Waals surface area contributed by atoms with E-state index in [2.05, 4.69) is 4.98 Å². The third-order valence-electron chi connectivity index (χ3n) is 6.37. The van der Waals surface area contributed by atoms with Gasteiger partial charge in [0, 0.05) is 36.9 Å². The van der Waals surface area contributed by atoms with Gasteiger partial charge in [-0.2, -0.15) is 0 Å². The Balaban J connectivity index is 1.65. The lowest BCUT2D eigenvalue weighted by molar-refractivity contribution is -0.144. The normalized spacial score (nSPS) is 21.8. The van der Waals surface area contributed by atoms with Gasteiger partial charge in [-0.05, 0) is 25.8 Å². The minimum absolute atomic E-state index is 0.125. The highest BCUT2D eigenvalue weighted by Crippen LogP contribution is 2.43. The van der Waals surface area contributed by atoms with Crippen LogP contribution in [0.5, 0.6) is 0 Å². The van der Waals surface area contributed by atoms with Crippen molar-refractivity contribution in [2.24, 2.45) is 0 Å². The predicted molar refractivity (Wildman–Crippen MR) is 115 cm³/mol. The summed E-state index contributed by atoms with van der Waals surface area (Å²) in [4.78, 5) is 47.0. The first-order valence-corrected chi connectivity index (χ1v) is 11.5. The average Bonchev–Trinajstić information content (AvgIpc) is 3.44. The maximum Gasteiger partial charge on any atom is 0.241 e. The molecule has 0 bridgehead atoms. The number of likely N-dealkylation sites (tertiary alicyclic amines) is 1. The minimum Gasteiger partial charge on any atom is -0.340 e. The van der Waals surface area contributed by atoms with E-state index in [0.717, 1.165) is 36.4 Å². The molecule has 0 spiro atoms. The van der Waals surface area contributed by atoms with Gasteiger partial charge in [0.25, 0.3) is 0 Å². The van der Waals surface area contributed by atoms with Gasteiger partial charge in [-0.1, -0.05) is 31.0 Å². The van der Waals surface area contributed by atoms with Gasteiger partial charge in [-0.25, -0.2) is 9.37 Å². The number of hydrogen-bond acceptors (Lipinski definition) is 5. The first kappa shape index (κ1) is 21.6. The highest BCUT2D eigenvalue weighted by molar-refractivity contribution is 7.09. The van der Waals surface area contributed by atoms with Gasteiger partial charge >= 0.3 is 0 Å². The van der Waals surface area contributed by atoms with Gasteiger partial charge in [0.15, 0.2) is 0 Å². The molecule has 31 heavy (non-hydrogen) atoms. The SMILES string of the molecule is Cc1nc(CN(C)C(=O)CC2(c3ccccc3F)CC(=O)N(C3CCCC3)C2=O)cs1. The predicted octanol–water partition coefficient (Wildman–Crippen LogP) is 3.58. The fourth-order valence-electron chi connectivity index (χ4n) is 4.79. The number of thiazole rings is 1. The lowest BCUT2D eigenvalue weighted by atomic mass is 9.75. The van der Waals surface area contributed by atoms with Gasteiger partial charge < -0.3 is 4.90 Å². The van der Waals surface area contributed by atoms with Gasteiger partial charge in [0.2, 0.25) is 17.7 Å². The van der Waals surface area contributed by atoms with Crippen LogP contribution in [0.25, 0.3) is 0 Å². The molecule has 2 heterocycles. The van der Waals surface area contributed by atoms with E-state index in [1.807, 2.05) is 12.3 Å². The average molecular weight is 444 g/mol. The number of rotatable bonds is 6. The molecule has 1 atom stereocenters. The number of benzene rings is 1. The molecule has 2 aliphatic rings. The lowest BCUT2D eigenvalue weighted by Gasteiger charge is -2.30. The fraction of sp³-hybridized carbons (Fsp3) is 0.478. The lowest BCUT2D eigenvalue weighted by Crippen LogP contribution is -2.45. The smallest absolute Gasteiger partial charge is 0.241 e. The Morgan fingerprint density at radius 2 is 2.00 bits per heavy atom. The summed E-state index contributed by atoms with van der Waals surface area (Å²) in [6.07, 6.45) is 3.02. The second kappa shape index (κ2) is 8.49. The standard InChI is InChI=1S/C23H26FN3O3S/c1-15-25-16(14-31-15)13-26(2)20(28)11-23(18-9-5-6-10-19(18)24)12-21(29)27(22(23)30)17-7-3-4-8-17/h5-6,9-10,14,17H,3-4,7-8,11-13H2,1-2H3. The maximum atomic E-state index is 14.9. The van der Waals surface area contributed by atoms with Crippen molar-refractivity contribution in [1.29, 1.82) is 0 Å². The Bertz CT molecular complexity index is 1020. The molecule has 1 saturated carbocycles. The molecule has 0 N–H and O–H groups in total. The molecule has 1 unspecified atom stereocenters. The third kappa shape index (κ3) is 4.01. The number of imide groups is 1. The van der Waals surface area contributed by atoms with E-state index in [9.17, 15) is 18.8 Å². The van der Waals surface area contributed by atoms with Crippen LogP contribution in [0.2, 0.25) is 0 Å². The zero-order chi connectivity index (χ0) is 22.2. The molecule has 164 valence electrons. The number of aromatic nitrogens is 1. The van der Waals surface area contributed by atoms with Crippen LogP contribution in [0.3, 0.4) is 0 Å². The maximum absolute atomic E-state index is 14.9. The fourth-order valence-corrected chi connectivity index (χ4v) is 5.40. The first-order valence-electron chi connectivity index (χ1n) is 10.6. The molecule has 0 radical (unpaired) electrons. The monoisotopic (exact) mass is 443 g/mol. The summed E-state index contributed by atoms with van der Waals surface area (Å²) < 4.78 is 14.9. The van der Waals surface area contributed by atoms with E-state index >= 15 is 0 Å². The first-order chi connectivity index (χ1) is 14.8. The minimum atomic E-state index is -1.51. The Morgan fingerprint density at radius 1 is 1.29 bits per heavy atom. The van der Waals surface area contributed by atoms with Crippen LogP contribution in [0.15, 0.2) is 29.6 Å². The van der Waals surface area contributed by atoms with Crippen molar-refractivity contribution >= 4 is 29.1 Å². The summed E-state index contributed by atoms with van der Waals surface area (Å²) in [5.41, 5.74) is -0.617. The molecule has 2 aromatic rings. The molecular weight excluding hydrogens is 417 g/mol. The van der Waals surface area contributed by atoms with Gasteiger partial charge in [-0.15, -0.1) is 11.3 Å². The zero-order valence-corrected chi connectivity index (χ0v) is 18.6. The number of aryl methyl sites for hydroxylation is 1. The highest BCUT2D eigenvalue weighted by Gasteiger charge is 2.56. The number of amides is 3. The van der Waals surface area contributed by atoms with Crippen molar-refractivity contribution in [3.63, 3.8) is 0 Å². The molecule has 4 rings (SSSR count). The molecule has 6 nitrogen and oxygen atoms in total. The molecule has 1 aliphatic heterocycles. The van der Waals surface area contributed by atoms with Crippen molar-refractivity contribution in [3.8, 4) is 0 Å². The van der Waals surface area contributed by atoms with E-state index in [-0.39, 0.29) is 36.3 Å². The number of carbonyl (C=O) groups excluding carboxylic acids is 3. The van der Waals surface area contributed by atoms with Crippen molar-refractivity contribution in [2.75, 3.05) is 7.05 Å². The topological polar surface area (TPSA) is 70.6 Å². The second-order valence-corrected chi connectivity index (χ2v) is 9.59. The summed E-state index contributed by atoms with van der Waals surface area (Å²) in [6, 6.07) is 5.83. The zero-order valence-electron chi connectivity index (χ0n) is 17.8. The van der Waals surface area contributed by atoms with Crippen LogP contribution in [-0.4, -0.2) is 45.6 Å². The van der Waals surface area contributed by atoms with Crippen LogP contribution in [0.4, 0.5) is 4.39 Å². The number of hydrogen-bond donors (Lipinski definition) is 0. The van der Waals surface area contributed by atoms with Crippen LogP contribution in [0.1, 0.15) is 54.8 Å². The van der Waals surface area contributed by atoms with Gasteiger partial charge in [0.1, 0.15) is 5.82 Å². The van der Waals surface area contributed by atoms with E-state index in [4.69, 9.17) is 0 Å². The molecule has 1 aliphatic carbocycles. The summed E-state index contributed by atoms with van der Waals surface area (Å²) in [5.74, 6) is -1.64.